The van der Waals surface area contributed by atoms with Gasteiger partial charge in [0.25, 0.3) is 0 Å². The third-order valence-electron chi connectivity index (χ3n) is 3.43. The Morgan fingerprint density at radius 1 is 1.29 bits per heavy atom. The Balaban J connectivity index is 2.23. The highest BCUT2D eigenvalue weighted by atomic mass is 79.9. The van der Waals surface area contributed by atoms with E-state index < -0.39 is 0 Å². The second-order valence-electron chi connectivity index (χ2n) is 4.94. The fourth-order valence-electron chi connectivity index (χ4n) is 2.22. The summed E-state index contributed by atoms with van der Waals surface area (Å²) in [7, 11) is 0. The van der Waals surface area contributed by atoms with Gasteiger partial charge < -0.3 is 5.32 Å². The zero-order valence-corrected chi connectivity index (χ0v) is 14.3. The third kappa shape index (κ3) is 3.86. The number of carbonyl (C=O) groups is 1. The molecule has 0 heterocycles. The largest absolute Gasteiger partial charge is 0.324 e. The number of carbonyl (C=O) groups excluding carboxylic acids is 1. The van der Waals surface area contributed by atoms with Gasteiger partial charge in [0, 0.05) is 9.50 Å². The number of hydrogen-bond acceptors (Lipinski definition) is 1. The highest BCUT2D eigenvalue weighted by Crippen LogP contribution is 2.30. The molecular formula is C17H17BrClNO. The molecule has 0 aliphatic rings. The van der Waals surface area contributed by atoms with Crippen molar-refractivity contribution in [3.05, 3.63) is 63.1 Å². The van der Waals surface area contributed by atoms with Gasteiger partial charge in [0.1, 0.15) is 0 Å². The van der Waals surface area contributed by atoms with Crippen LogP contribution in [0.3, 0.4) is 0 Å². The van der Waals surface area contributed by atoms with Crippen molar-refractivity contribution >= 4 is 39.1 Å². The maximum absolute atomic E-state index is 12.5. The normalized spacial score (nSPS) is 12.0. The molecule has 110 valence electrons. The Morgan fingerprint density at radius 2 is 1.95 bits per heavy atom. The minimum atomic E-state index is -0.168. The van der Waals surface area contributed by atoms with Crippen LogP contribution < -0.4 is 5.32 Å². The minimum absolute atomic E-state index is 0.0238. The quantitative estimate of drug-likeness (QED) is 0.756. The summed E-state index contributed by atoms with van der Waals surface area (Å²) >= 11 is 9.59. The van der Waals surface area contributed by atoms with Crippen molar-refractivity contribution in [1.82, 2.24) is 0 Å². The molecule has 0 aliphatic heterocycles. The average Bonchev–Trinajstić information content (AvgIpc) is 2.46. The Kier molecular flexibility index (Phi) is 5.43. The molecule has 0 aliphatic carbocycles. The smallest absolute Gasteiger partial charge is 0.231 e. The predicted molar refractivity (Wildman–Crippen MR) is 92.0 cm³/mol. The summed E-state index contributed by atoms with van der Waals surface area (Å²) in [5.41, 5.74) is 2.69. The molecule has 0 spiro atoms. The molecule has 21 heavy (non-hydrogen) atoms. The highest BCUT2D eigenvalue weighted by Gasteiger charge is 2.19. The van der Waals surface area contributed by atoms with E-state index in [4.69, 9.17) is 11.6 Å². The van der Waals surface area contributed by atoms with Crippen LogP contribution in [-0.2, 0) is 4.79 Å². The monoisotopic (exact) mass is 365 g/mol. The number of anilines is 1. The molecule has 2 aromatic rings. The molecule has 1 amide bonds. The maximum atomic E-state index is 12.5. The van der Waals surface area contributed by atoms with Crippen molar-refractivity contribution < 1.29 is 4.79 Å². The van der Waals surface area contributed by atoms with Crippen molar-refractivity contribution in [2.75, 3.05) is 5.32 Å². The predicted octanol–water partition coefficient (Wildman–Crippen LogP) is 5.54. The van der Waals surface area contributed by atoms with E-state index in [1.165, 1.54) is 0 Å². The number of benzene rings is 2. The highest BCUT2D eigenvalue weighted by molar-refractivity contribution is 9.10. The van der Waals surface area contributed by atoms with E-state index in [9.17, 15) is 4.79 Å². The molecule has 2 rings (SSSR count). The van der Waals surface area contributed by atoms with E-state index >= 15 is 0 Å². The first-order chi connectivity index (χ1) is 10.0. The SMILES string of the molecule is CCC(C(=O)Nc1cc(Cl)c(C)cc1Br)c1ccccc1. The lowest BCUT2D eigenvalue weighted by molar-refractivity contribution is -0.117. The molecule has 4 heteroatoms. The van der Waals surface area contributed by atoms with Gasteiger partial charge in [-0.1, -0.05) is 48.9 Å². The Labute approximate surface area is 138 Å². The first-order valence-corrected chi connectivity index (χ1v) is 8.01. The van der Waals surface area contributed by atoms with Crippen molar-refractivity contribution in [2.24, 2.45) is 0 Å². The summed E-state index contributed by atoms with van der Waals surface area (Å²) < 4.78 is 0.834. The summed E-state index contributed by atoms with van der Waals surface area (Å²) in [6, 6.07) is 13.5. The van der Waals surface area contributed by atoms with Crippen molar-refractivity contribution in [3.8, 4) is 0 Å². The standard InChI is InChI=1S/C17H17BrClNO/c1-3-13(12-7-5-4-6-8-12)17(21)20-16-10-15(19)11(2)9-14(16)18/h4-10,13H,3H2,1-2H3,(H,20,21). The van der Waals surface area contributed by atoms with E-state index in [1.54, 1.807) is 6.07 Å². The van der Waals surface area contributed by atoms with Crippen LogP contribution in [0.2, 0.25) is 5.02 Å². The molecule has 2 nitrogen and oxygen atoms in total. The van der Waals surface area contributed by atoms with Crippen molar-refractivity contribution in [3.63, 3.8) is 0 Å². The van der Waals surface area contributed by atoms with Gasteiger partial charge in [0.2, 0.25) is 5.91 Å². The number of halogens is 2. The van der Waals surface area contributed by atoms with Crippen molar-refractivity contribution in [1.29, 1.82) is 0 Å². The molecule has 0 fully saturated rings. The zero-order valence-electron chi connectivity index (χ0n) is 12.0. The number of amides is 1. The first-order valence-electron chi connectivity index (χ1n) is 6.84. The van der Waals surface area contributed by atoms with Crippen LogP contribution >= 0.6 is 27.5 Å². The van der Waals surface area contributed by atoms with Crippen LogP contribution in [0, 0.1) is 6.92 Å². The van der Waals surface area contributed by atoms with Crippen LogP contribution in [-0.4, -0.2) is 5.91 Å². The number of hydrogen-bond donors (Lipinski definition) is 1. The molecule has 2 aromatic carbocycles. The van der Waals surface area contributed by atoms with Crippen LogP contribution in [0.4, 0.5) is 5.69 Å². The Hall–Kier alpha value is -1.32. The fraction of sp³-hybridized carbons (Fsp3) is 0.235. The lowest BCUT2D eigenvalue weighted by Crippen LogP contribution is -2.21. The first kappa shape index (κ1) is 16.1. The molecule has 0 radical (unpaired) electrons. The third-order valence-corrected chi connectivity index (χ3v) is 4.50. The van der Waals surface area contributed by atoms with Crippen LogP contribution in [0.5, 0.6) is 0 Å². The van der Waals surface area contributed by atoms with Gasteiger partial charge in [-0.15, -0.1) is 0 Å². The molecule has 0 aromatic heterocycles. The number of aryl methyl sites for hydroxylation is 1. The van der Waals surface area contributed by atoms with Gasteiger partial charge >= 0.3 is 0 Å². The molecule has 1 atom stereocenters. The number of nitrogens with one attached hydrogen (secondary N) is 1. The Bertz CT molecular complexity index is 643. The van der Waals surface area contributed by atoms with Gasteiger partial charge in [-0.05, 0) is 52.5 Å². The second-order valence-corrected chi connectivity index (χ2v) is 6.20. The van der Waals surface area contributed by atoms with Crippen LogP contribution in [0.15, 0.2) is 46.9 Å². The molecule has 1 N–H and O–H groups in total. The zero-order chi connectivity index (χ0) is 15.4. The fourth-order valence-corrected chi connectivity index (χ4v) is 2.94. The van der Waals surface area contributed by atoms with E-state index in [-0.39, 0.29) is 11.8 Å². The van der Waals surface area contributed by atoms with Gasteiger partial charge in [-0.2, -0.15) is 0 Å². The van der Waals surface area contributed by atoms with Crippen LogP contribution in [0.25, 0.3) is 0 Å². The lowest BCUT2D eigenvalue weighted by atomic mass is 9.95. The van der Waals surface area contributed by atoms with E-state index in [0.717, 1.165) is 22.0 Å². The Morgan fingerprint density at radius 3 is 2.57 bits per heavy atom. The summed E-state index contributed by atoms with van der Waals surface area (Å²) in [6.07, 6.45) is 0.743. The summed E-state index contributed by atoms with van der Waals surface area (Å²) in [6.45, 7) is 3.94. The van der Waals surface area contributed by atoms with Gasteiger partial charge in [0.15, 0.2) is 0 Å². The topological polar surface area (TPSA) is 29.1 Å². The van der Waals surface area contributed by atoms with Crippen molar-refractivity contribution in [2.45, 2.75) is 26.2 Å². The van der Waals surface area contributed by atoms with Gasteiger partial charge in [-0.3, -0.25) is 4.79 Å². The van der Waals surface area contributed by atoms with Gasteiger partial charge in [0.05, 0.1) is 11.6 Å². The van der Waals surface area contributed by atoms with Gasteiger partial charge in [-0.25, -0.2) is 0 Å². The average molecular weight is 367 g/mol. The molecular weight excluding hydrogens is 350 g/mol. The maximum Gasteiger partial charge on any atom is 0.231 e. The number of rotatable bonds is 4. The molecule has 1 unspecified atom stereocenters. The summed E-state index contributed by atoms with van der Waals surface area (Å²) in [4.78, 5) is 12.5. The summed E-state index contributed by atoms with van der Waals surface area (Å²) in [5, 5.41) is 3.60. The van der Waals surface area contributed by atoms with E-state index in [1.807, 2.05) is 50.2 Å². The molecule has 0 bridgehead atoms. The lowest BCUT2D eigenvalue weighted by Gasteiger charge is -2.16. The summed E-state index contributed by atoms with van der Waals surface area (Å²) in [5.74, 6) is -0.192. The van der Waals surface area contributed by atoms with E-state index in [0.29, 0.717) is 10.7 Å². The molecule has 0 saturated carbocycles. The second kappa shape index (κ2) is 7.10. The molecule has 0 saturated heterocycles. The van der Waals surface area contributed by atoms with E-state index in [2.05, 4.69) is 21.2 Å². The minimum Gasteiger partial charge on any atom is -0.324 e. The van der Waals surface area contributed by atoms with Crippen LogP contribution in [0.1, 0.15) is 30.4 Å².